The van der Waals surface area contributed by atoms with Crippen LogP contribution in [0.4, 0.5) is 0 Å². The average Bonchev–Trinajstić information content (AvgIpc) is 2.28. The second-order valence-electron chi connectivity index (χ2n) is 3.66. The molecule has 1 unspecified atom stereocenters. The van der Waals surface area contributed by atoms with Gasteiger partial charge in [0.2, 0.25) is 0 Å². The van der Waals surface area contributed by atoms with Crippen LogP contribution in [-0.2, 0) is 0 Å². The summed E-state index contributed by atoms with van der Waals surface area (Å²) in [4.78, 5) is 0. The maximum atomic E-state index is 8.54. The highest BCUT2D eigenvalue weighted by atomic mass is 35.5. The summed E-state index contributed by atoms with van der Waals surface area (Å²) in [5.74, 6) is 0.152. The highest BCUT2D eigenvalue weighted by Gasteiger charge is 2.14. The summed E-state index contributed by atoms with van der Waals surface area (Å²) in [6.45, 7) is 3.80. The summed E-state index contributed by atoms with van der Waals surface area (Å²) in [5.41, 5.74) is 6.47. The Bertz CT molecular complexity index is 381. The molecule has 0 aliphatic heterocycles. The van der Waals surface area contributed by atoms with E-state index in [1.165, 1.54) is 0 Å². The van der Waals surface area contributed by atoms with E-state index in [0.717, 1.165) is 5.56 Å². The molecule has 0 heterocycles. The van der Waals surface area contributed by atoms with Crippen molar-refractivity contribution in [3.63, 3.8) is 0 Å². The Morgan fingerprint density at radius 1 is 1.44 bits per heavy atom. The van der Waals surface area contributed by atoms with Crippen molar-refractivity contribution >= 4 is 17.4 Å². The van der Waals surface area contributed by atoms with Crippen LogP contribution in [-0.4, -0.2) is 17.1 Å². The second kappa shape index (κ2) is 5.72. The zero-order valence-electron chi connectivity index (χ0n) is 9.31. The van der Waals surface area contributed by atoms with Crippen LogP contribution in [0.25, 0.3) is 0 Å². The van der Waals surface area contributed by atoms with Crippen molar-refractivity contribution in [3.8, 4) is 0 Å². The van der Waals surface area contributed by atoms with Crippen LogP contribution in [0.1, 0.15) is 25.5 Å². The third-order valence-corrected chi connectivity index (χ3v) is 2.78. The molecule has 0 amide bonds. The van der Waals surface area contributed by atoms with Gasteiger partial charge >= 0.3 is 0 Å². The smallest absolute Gasteiger partial charge is 0.156 e. The molecule has 88 valence electrons. The summed E-state index contributed by atoms with van der Waals surface area (Å²) < 4.78 is 0. The summed E-state index contributed by atoms with van der Waals surface area (Å²) >= 11 is 6.07. The number of halogens is 1. The van der Waals surface area contributed by atoms with E-state index in [0.29, 0.717) is 5.02 Å². The number of nitrogens with one attached hydrogen (secondary N) is 1. The normalized spacial score (nSPS) is 15.8. The van der Waals surface area contributed by atoms with E-state index in [1.54, 1.807) is 0 Å². The molecule has 0 radical (unpaired) electrons. The Balaban J connectivity index is 2.73. The molecular weight excluding hydrogens is 226 g/mol. The van der Waals surface area contributed by atoms with Crippen molar-refractivity contribution in [2.75, 3.05) is 0 Å². The molecular formula is C11H16ClN3O. The lowest BCUT2D eigenvalue weighted by molar-refractivity contribution is 0.314. The van der Waals surface area contributed by atoms with E-state index in [4.69, 9.17) is 22.5 Å². The minimum Gasteiger partial charge on any atom is -0.409 e. The largest absolute Gasteiger partial charge is 0.409 e. The topological polar surface area (TPSA) is 70.6 Å². The van der Waals surface area contributed by atoms with Gasteiger partial charge in [-0.05, 0) is 25.5 Å². The SMILES string of the molecule is CC(N[C@@H](C)c1ccccc1Cl)/C(N)=N/O. The Morgan fingerprint density at radius 3 is 2.62 bits per heavy atom. The predicted molar refractivity (Wildman–Crippen MR) is 65.9 cm³/mol. The van der Waals surface area contributed by atoms with Crippen LogP contribution < -0.4 is 11.1 Å². The molecule has 16 heavy (non-hydrogen) atoms. The second-order valence-corrected chi connectivity index (χ2v) is 4.06. The van der Waals surface area contributed by atoms with Crippen molar-refractivity contribution in [1.29, 1.82) is 0 Å². The minimum atomic E-state index is -0.212. The number of hydrogen-bond donors (Lipinski definition) is 3. The Kier molecular flexibility index (Phi) is 4.58. The Morgan fingerprint density at radius 2 is 2.06 bits per heavy atom. The molecule has 0 aliphatic rings. The van der Waals surface area contributed by atoms with Crippen LogP contribution >= 0.6 is 11.6 Å². The summed E-state index contributed by atoms with van der Waals surface area (Å²) in [7, 11) is 0. The van der Waals surface area contributed by atoms with Gasteiger partial charge in [-0.1, -0.05) is 35.0 Å². The van der Waals surface area contributed by atoms with Crippen LogP contribution in [0, 0.1) is 0 Å². The fourth-order valence-corrected chi connectivity index (χ4v) is 1.76. The average molecular weight is 242 g/mol. The lowest BCUT2D eigenvalue weighted by atomic mass is 10.1. The van der Waals surface area contributed by atoms with E-state index in [-0.39, 0.29) is 17.9 Å². The molecule has 5 heteroatoms. The molecule has 4 nitrogen and oxygen atoms in total. The van der Waals surface area contributed by atoms with Gasteiger partial charge in [-0.3, -0.25) is 0 Å². The predicted octanol–water partition coefficient (Wildman–Crippen LogP) is 2.13. The highest BCUT2D eigenvalue weighted by molar-refractivity contribution is 6.31. The maximum absolute atomic E-state index is 8.54. The van der Waals surface area contributed by atoms with E-state index >= 15 is 0 Å². The third kappa shape index (κ3) is 3.12. The zero-order chi connectivity index (χ0) is 12.1. The molecule has 0 aliphatic carbocycles. The van der Waals surface area contributed by atoms with Gasteiger partial charge in [0.05, 0.1) is 6.04 Å². The number of benzene rings is 1. The van der Waals surface area contributed by atoms with Crippen molar-refractivity contribution < 1.29 is 5.21 Å². The molecule has 1 aromatic rings. The van der Waals surface area contributed by atoms with Crippen molar-refractivity contribution in [1.82, 2.24) is 5.32 Å². The fraction of sp³-hybridized carbons (Fsp3) is 0.364. The number of amidine groups is 1. The summed E-state index contributed by atoms with van der Waals surface area (Å²) in [6, 6.07) is 7.40. The molecule has 2 atom stereocenters. The first-order valence-electron chi connectivity index (χ1n) is 5.04. The van der Waals surface area contributed by atoms with Crippen molar-refractivity contribution in [3.05, 3.63) is 34.9 Å². The van der Waals surface area contributed by atoms with Gasteiger partial charge in [0.1, 0.15) is 0 Å². The van der Waals surface area contributed by atoms with Crippen LogP contribution in [0.2, 0.25) is 5.02 Å². The van der Waals surface area contributed by atoms with Gasteiger partial charge < -0.3 is 16.3 Å². The van der Waals surface area contributed by atoms with Gasteiger partial charge in [-0.2, -0.15) is 0 Å². The number of rotatable bonds is 4. The number of oxime groups is 1. The van der Waals surface area contributed by atoms with Gasteiger partial charge in [0.25, 0.3) is 0 Å². The first kappa shape index (κ1) is 12.8. The summed E-state index contributed by atoms with van der Waals surface area (Å²) in [6.07, 6.45) is 0. The maximum Gasteiger partial charge on any atom is 0.156 e. The van der Waals surface area contributed by atoms with Crippen molar-refractivity contribution in [2.24, 2.45) is 10.9 Å². The molecule has 0 spiro atoms. The molecule has 4 N–H and O–H groups in total. The molecule has 0 saturated carbocycles. The van der Waals surface area contributed by atoms with E-state index in [1.807, 2.05) is 38.1 Å². The Labute approximate surface area is 100 Å². The van der Waals surface area contributed by atoms with E-state index < -0.39 is 0 Å². The first-order valence-corrected chi connectivity index (χ1v) is 5.42. The standard InChI is InChI=1S/C11H16ClN3O/c1-7(14-8(2)11(13)15-16)9-5-3-4-6-10(9)12/h3-8,14,16H,1-2H3,(H2,13,15)/t7-,8?/m0/s1. The van der Waals surface area contributed by atoms with Crippen LogP contribution in [0.15, 0.2) is 29.4 Å². The van der Waals surface area contributed by atoms with Crippen molar-refractivity contribution in [2.45, 2.75) is 25.9 Å². The van der Waals surface area contributed by atoms with Gasteiger partial charge in [0, 0.05) is 11.1 Å². The summed E-state index contributed by atoms with van der Waals surface area (Å²) in [5, 5.41) is 15.4. The number of nitrogens with two attached hydrogens (primary N) is 1. The molecule has 0 aromatic heterocycles. The van der Waals surface area contributed by atoms with E-state index in [9.17, 15) is 0 Å². The minimum absolute atomic E-state index is 0.0315. The van der Waals surface area contributed by atoms with Crippen LogP contribution in [0.5, 0.6) is 0 Å². The number of nitrogens with zero attached hydrogens (tertiary/aromatic N) is 1. The van der Waals surface area contributed by atoms with Crippen LogP contribution in [0.3, 0.4) is 0 Å². The fourth-order valence-electron chi connectivity index (χ4n) is 1.46. The molecule has 0 fully saturated rings. The zero-order valence-corrected chi connectivity index (χ0v) is 10.1. The molecule has 1 aromatic carbocycles. The molecule has 0 bridgehead atoms. The number of hydrogen-bond acceptors (Lipinski definition) is 3. The van der Waals surface area contributed by atoms with Gasteiger partial charge in [-0.15, -0.1) is 0 Å². The monoisotopic (exact) mass is 241 g/mol. The quantitative estimate of drug-likeness (QED) is 0.327. The lowest BCUT2D eigenvalue weighted by Gasteiger charge is -2.20. The molecule has 0 saturated heterocycles. The van der Waals surface area contributed by atoms with Gasteiger partial charge in [0.15, 0.2) is 5.84 Å². The first-order chi connectivity index (χ1) is 7.56. The van der Waals surface area contributed by atoms with Gasteiger partial charge in [-0.25, -0.2) is 0 Å². The lowest BCUT2D eigenvalue weighted by Crippen LogP contribution is -2.40. The Hall–Kier alpha value is -1.26. The third-order valence-electron chi connectivity index (χ3n) is 2.43. The molecule has 1 rings (SSSR count). The van der Waals surface area contributed by atoms with E-state index in [2.05, 4.69) is 10.5 Å². The highest BCUT2D eigenvalue weighted by Crippen LogP contribution is 2.22.